The molecular weight excluding hydrogens is 289 g/mol. The highest BCUT2D eigenvalue weighted by atomic mass is 35.5. The molecule has 0 amide bonds. The first-order valence-corrected chi connectivity index (χ1v) is 6.40. The van der Waals surface area contributed by atoms with E-state index < -0.39 is 0 Å². The second-order valence-corrected chi connectivity index (χ2v) is 5.06. The van der Waals surface area contributed by atoms with Gasteiger partial charge in [0.05, 0.1) is 0 Å². The van der Waals surface area contributed by atoms with Crippen LogP contribution >= 0.6 is 23.2 Å². The van der Waals surface area contributed by atoms with E-state index in [0.717, 1.165) is 11.1 Å². The van der Waals surface area contributed by atoms with E-state index in [1.165, 1.54) is 18.2 Å². The summed E-state index contributed by atoms with van der Waals surface area (Å²) in [6.45, 7) is 5.25. The Bertz CT molecular complexity index is 530. The Balaban J connectivity index is 0.000000191. The average Bonchev–Trinajstić information content (AvgIpc) is 2.33. The van der Waals surface area contributed by atoms with Crippen molar-refractivity contribution in [3.63, 3.8) is 0 Å². The first-order valence-electron chi connectivity index (χ1n) is 5.65. The molecule has 2 aromatic rings. The molecule has 0 saturated heterocycles. The van der Waals surface area contributed by atoms with Gasteiger partial charge in [-0.1, -0.05) is 23.2 Å². The zero-order chi connectivity index (χ0) is 14.6. The lowest BCUT2D eigenvalue weighted by Gasteiger charge is -1.99. The topological polar surface area (TPSA) is 0 Å². The van der Waals surface area contributed by atoms with E-state index >= 15 is 0 Å². The molecule has 0 nitrogen and oxygen atoms in total. The summed E-state index contributed by atoms with van der Waals surface area (Å²) in [7, 11) is 0. The van der Waals surface area contributed by atoms with Gasteiger partial charge in [0.15, 0.2) is 0 Å². The van der Waals surface area contributed by atoms with Crippen molar-refractivity contribution < 1.29 is 8.78 Å². The summed E-state index contributed by atoms with van der Waals surface area (Å²) in [6, 6.07) is 7.37. The summed E-state index contributed by atoms with van der Waals surface area (Å²) in [5, 5.41) is 1.23. The Morgan fingerprint density at radius 1 is 0.737 bits per heavy atom. The largest absolute Gasteiger partial charge is 0.207 e. The van der Waals surface area contributed by atoms with Crippen molar-refractivity contribution >= 4 is 23.2 Å². The van der Waals surface area contributed by atoms with Crippen molar-refractivity contribution in [1.82, 2.24) is 0 Å². The third-order valence-corrected chi connectivity index (χ3v) is 3.39. The molecule has 19 heavy (non-hydrogen) atoms. The van der Waals surface area contributed by atoms with Gasteiger partial charge >= 0.3 is 0 Å². The fraction of sp³-hybridized carbons (Fsp3) is 0.200. The van der Waals surface area contributed by atoms with Crippen molar-refractivity contribution in [1.29, 1.82) is 0 Å². The first kappa shape index (κ1) is 15.9. The van der Waals surface area contributed by atoms with Gasteiger partial charge in [0.1, 0.15) is 11.6 Å². The van der Waals surface area contributed by atoms with E-state index in [0.29, 0.717) is 15.6 Å². The zero-order valence-electron chi connectivity index (χ0n) is 10.9. The van der Waals surface area contributed by atoms with Gasteiger partial charge in [0, 0.05) is 10.0 Å². The Morgan fingerprint density at radius 2 is 1.32 bits per heavy atom. The van der Waals surface area contributed by atoms with Crippen molar-refractivity contribution in [2.75, 3.05) is 0 Å². The van der Waals surface area contributed by atoms with Crippen LogP contribution in [0.25, 0.3) is 0 Å². The van der Waals surface area contributed by atoms with Gasteiger partial charge in [-0.05, 0) is 67.8 Å². The van der Waals surface area contributed by atoms with Crippen LogP contribution in [0.5, 0.6) is 0 Å². The third kappa shape index (κ3) is 4.81. The number of benzene rings is 2. The number of hydrogen-bond donors (Lipinski definition) is 0. The molecule has 0 unspecified atom stereocenters. The van der Waals surface area contributed by atoms with E-state index in [1.54, 1.807) is 32.9 Å². The van der Waals surface area contributed by atoms with Crippen molar-refractivity contribution in [3.8, 4) is 0 Å². The number of aryl methyl sites for hydroxylation is 3. The molecule has 0 aliphatic heterocycles. The van der Waals surface area contributed by atoms with Crippen LogP contribution in [0.3, 0.4) is 0 Å². The highest BCUT2D eigenvalue weighted by molar-refractivity contribution is 6.31. The molecule has 102 valence electrons. The summed E-state index contributed by atoms with van der Waals surface area (Å²) in [4.78, 5) is 0. The molecule has 0 aliphatic rings. The standard InChI is InChI=1S/C8H8ClF.C7H6ClF/c1-5-4-8(10)6(2)3-7(5)9;1-5-4-6(9)2-3-7(5)8/h3-4H,1-2H3;2-4H,1H3. The molecule has 0 bridgehead atoms. The minimum Gasteiger partial charge on any atom is -0.207 e. The molecule has 0 radical (unpaired) electrons. The maximum atomic E-state index is 12.7. The minimum absolute atomic E-state index is 0.193. The SMILES string of the molecule is Cc1cc(Cl)c(C)cc1F.Cc1cc(F)ccc1Cl. The monoisotopic (exact) mass is 302 g/mol. The van der Waals surface area contributed by atoms with Crippen molar-refractivity contribution in [3.05, 3.63) is 68.7 Å². The van der Waals surface area contributed by atoms with Crippen molar-refractivity contribution in [2.45, 2.75) is 20.8 Å². The molecule has 0 heterocycles. The summed E-state index contributed by atoms with van der Waals surface area (Å²) in [5.41, 5.74) is 2.15. The lowest BCUT2D eigenvalue weighted by molar-refractivity contribution is 0.617. The molecule has 0 N–H and O–H groups in total. The predicted octanol–water partition coefficient (Wildman–Crippen LogP) is 5.88. The van der Waals surface area contributed by atoms with Crippen LogP contribution in [0, 0.1) is 32.4 Å². The highest BCUT2D eigenvalue weighted by Crippen LogP contribution is 2.18. The molecule has 0 fully saturated rings. The number of halogens is 4. The first-order chi connectivity index (χ1) is 8.81. The van der Waals surface area contributed by atoms with Gasteiger partial charge in [0.2, 0.25) is 0 Å². The second kappa shape index (κ2) is 6.88. The molecule has 0 atom stereocenters. The van der Waals surface area contributed by atoms with Crippen LogP contribution in [0.1, 0.15) is 16.7 Å². The minimum atomic E-state index is -0.239. The average molecular weight is 303 g/mol. The van der Waals surface area contributed by atoms with Crippen LogP contribution in [0.2, 0.25) is 10.0 Å². The number of hydrogen-bond acceptors (Lipinski definition) is 0. The van der Waals surface area contributed by atoms with Gasteiger partial charge in [0.25, 0.3) is 0 Å². The Labute approximate surface area is 122 Å². The second-order valence-electron chi connectivity index (χ2n) is 4.24. The highest BCUT2D eigenvalue weighted by Gasteiger charge is 2.00. The Kier molecular flexibility index (Phi) is 5.77. The van der Waals surface area contributed by atoms with Crippen LogP contribution in [-0.2, 0) is 0 Å². The molecule has 4 heteroatoms. The van der Waals surface area contributed by atoms with Crippen LogP contribution in [0.15, 0.2) is 30.3 Å². The smallest absolute Gasteiger partial charge is 0.126 e. The maximum Gasteiger partial charge on any atom is 0.126 e. The van der Waals surface area contributed by atoms with Gasteiger partial charge in [-0.25, -0.2) is 8.78 Å². The van der Waals surface area contributed by atoms with E-state index in [1.807, 2.05) is 0 Å². The Morgan fingerprint density at radius 3 is 1.79 bits per heavy atom. The van der Waals surface area contributed by atoms with Gasteiger partial charge in [-0.2, -0.15) is 0 Å². The summed E-state index contributed by atoms with van der Waals surface area (Å²) < 4.78 is 25.0. The van der Waals surface area contributed by atoms with Gasteiger partial charge in [-0.3, -0.25) is 0 Å². The molecule has 0 spiro atoms. The molecule has 0 aliphatic carbocycles. The molecule has 2 aromatic carbocycles. The van der Waals surface area contributed by atoms with E-state index in [2.05, 4.69) is 0 Å². The van der Waals surface area contributed by atoms with Gasteiger partial charge < -0.3 is 0 Å². The molecular formula is C15H14Cl2F2. The fourth-order valence-electron chi connectivity index (χ4n) is 1.35. The van der Waals surface area contributed by atoms with Crippen LogP contribution in [0.4, 0.5) is 8.78 Å². The molecule has 0 saturated carbocycles. The fourth-order valence-corrected chi connectivity index (χ4v) is 1.69. The number of rotatable bonds is 0. The zero-order valence-corrected chi connectivity index (χ0v) is 12.4. The molecule has 2 rings (SSSR count). The summed E-state index contributed by atoms with van der Waals surface area (Å²) in [6.07, 6.45) is 0. The van der Waals surface area contributed by atoms with Gasteiger partial charge in [-0.15, -0.1) is 0 Å². The van der Waals surface area contributed by atoms with Crippen LogP contribution in [-0.4, -0.2) is 0 Å². The lowest BCUT2D eigenvalue weighted by atomic mass is 10.2. The Hall–Kier alpha value is -1.12. The lowest BCUT2D eigenvalue weighted by Crippen LogP contribution is -1.84. The van der Waals surface area contributed by atoms with E-state index in [-0.39, 0.29) is 11.6 Å². The maximum absolute atomic E-state index is 12.7. The quantitative estimate of drug-likeness (QED) is 0.570. The van der Waals surface area contributed by atoms with Crippen LogP contribution < -0.4 is 0 Å². The molecule has 0 aromatic heterocycles. The summed E-state index contributed by atoms with van der Waals surface area (Å²) in [5.74, 6) is -0.432. The van der Waals surface area contributed by atoms with E-state index in [4.69, 9.17) is 23.2 Å². The van der Waals surface area contributed by atoms with Crippen molar-refractivity contribution in [2.24, 2.45) is 0 Å². The van der Waals surface area contributed by atoms with E-state index in [9.17, 15) is 8.78 Å². The summed E-state index contributed by atoms with van der Waals surface area (Å²) >= 11 is 11.3. The normalized spacial score (nSPS) is 9.84. The third-order valence-electron chi connectivity index (χ3n) is 2.56. The predicted molar refractivity (Wildman–Crippen MR) is 77.0 cm³/mol.